The van der Waals surface area contributed by atoms with Gasteiger partial charge in [0.2, 0.25) is 5.75 Å². The van der Waals surface area contributed by atoms with Crippen molar-refractivity contribution in [1.82, 2.24) is 0 Å². The molecular formula is C16H22O5. The van der Waals surface area contributed by atoms with E-state index >= 15 is 0 Å². The van der Waals surface area contributed by atoms with Crippen LogP contribution in [0.4, 0.5) is 0 Å². The molecule has 0 aliphatic rings. The highest BCUT2D eigenvalue weighted by atomic mass is 16.5. The Morgan fingerprint density at radius 1 is 1.00 bits per heavy atom. The maximum absolute atomic E-state index is 11.3. The molecule has 0 heterocycles. The van der Waals surface area contributed by atoms with Crippen LogP contribution in [-0.2, 0) is 11.2 Å². The number of benzene rings is 1. The molecule has 0 saturated heterocycles. The van der Waals surface area contributed by atoms with Gasteiger partial charge in [-0.25, -0.2) is 0 Å². The monoisotopic (exact) mass is 294 g/mol. The van der Waals surface area contributed by atoms with Gasteiger partial charge in [-0.2, -0.15) is 0 Å². The summed E-state index contributed by atoms with van der Waals surface area (Å²) in [7, 11) is 4.60. The van der Waals surface area contributed by atoms with Gasteiger partial charge in [-0.1, -0.05) is 11.6 Å². The lowest BCUT2D eigenvalue weighted by atomic mass is 10.1. The fourth-order valence-electron chi connectivity index (χ4n) is 1.94. The molecular weight excluding hydrogens is 272 g/mol. The van der Waals surface area contributed by atoms with Crippen molar-refractivity contribution in [3.63, 3.8) is 0 Å². The van der Waals surface area contributed by atoms with E-state index in [1.54, 1.807) is 13.2 Å². The van der Waals surface area contributed by atoms with E-state index in [0.717, 1.165) is 11.1 Å². The summed E-state index contributed by atoms with van der Waals surface area (Å²) in [5.74, 6) is 1.45. The molecule has 1 rings (SSSR count). The van der Waals surface area contributed by atoms with E-state index in [1.807, 2.05) is 19.9 Å². The molecule has 0 saturated carbocycles. The minimum atomic E-state index is -0.400. The number of methoxy groups -OCH3 is 3. The molecule has 0 unspecified atom stereocenters. The van der Waals surface area contributed by atoms with Gasteiger partial charge < -0.3 is 18.9 Å². The Kier molecular flexibility index (Phi) is 6.09. The standard InChI is InChI=1S/C16H22O5/c1-10(2)7-8-12-13(21-11(3)17)9-14(18-4)16(20-6)15(12)19-5/h7,9H,8H2,1-6H3. The first-order valence-corrected chi connectivity index (χ1v) is 6.58. The Hall–Kier alpha value is -2.17. The first-order valence-electron chi connectivity index (χ1n) is 6.58. The predicted molar refractivity (Wildman–Crippen MR) is 80.5 cm³/mol. The van der Waals surface area contributed by atoms with Gasteiger partial charge in [-0.05, 0) is 20.3 Å². The third-order valence-electron chi connectivity index (χ3n) is 2.86. The lowest BCUT2D eigenvalue weighted by molar-refractivity contribution is -0.131. The molecule has 0 spiro atoms. The summed E-state index contributed by atoms with van der Waals surface area (Å²) in [6.07, 6.45) is 2.59. The molecule has 0 N–H and O–H groups in total. The number of allylic oxidation sites excluding steroid dienone is 2. The van der Waals surface area contributed by atoms with Crippen molar-refractivity contribution in [3.8, 4) is 23.0 Å². The predicted octanol–water partition coefficient (Wildman–Crippen LogP) is 3.15. The summed E-state index contributed by atoms with van der Waals surface area (Å²) in [5, 5.41) is 0. The van der Waals surface area contributed by atoms with Crippen LogP contribution in [0, 0.1) is 0 Å². The number of hydrogen-bond donors (Lipinski definition) is 0. The lowest BCUT2D eigenvalue weighted by Gasteiger charge is -2.18. The maximum atomic E-state index is 11.3. The number of hydrogen-bond acceptors (Lipinski definition) is 5. The number of carbonyl (C=O) groups excluding carboxylic acids is 1. The number of ether oxygens (including phenoxy) is 4. The van der Waals surface area contributed by atoms with Crippen molar-refractivity contribution in [2.75, 3.05) is 21.3 Å². The van der Waals surface area contributed by atoms with Gasteiger partial charge in [0.15, 0.2) is 11.5 Å². The molecule has 1 aromatic carbocycles. The number of rotatable bonds is 6. The van der Waals surface area contributed by atoms with Gasteiger partial charge in [0.05, 0.1) is 21.3 Å². The Bertz CT molecular complexity index is 542. The molecule has 21 heavy (non-hydrogen) atoms. The quantitative estimate of drug-likeness (QED) is 0.458. The van der Waals surface area contributed by atoms with Crippen LogP contribution in [0.15, 0.2) is 17.7 Å². The Labute approximate surface area is 125 Å². The molecule has 0 bridgehead atoms. The fraction of sp³-hybridized carbons (Fsp3) is 0.438. The second kappa shape index (κ2) is 7.57. The fourth-order valence-corrected chi connectivity index (χ4v) is 1.94. The summed E-state index contributed by atoms with van der Waals surface area (Å²) in [6.45, 7) is 5.35. The summed E-state index contributed by atoms with van der Waals surface area (Å²) < 4.78 is 21.3. The van der Waals surface area contributed by atoms with Crippen LogP contribution < -0.4 is 18.9 Å². The molecule has 0 radical (unpaired) electrons. The molecule has 1 aromatic rings. The van der Waals surface area contributed by atoms with Crippen molar-refractivity contribution >= 4 is 5.97 Å². The van der Waals surface area contributed by atoms with Gasteiger partial charge in [0, 0.05) is 18.6 Å². The van der Waals surface area contributed by atoms with Crippen LogP contribution >= 0.6 is 0 Å². The molecule has 116 valence electrons. The minimum Gasteiger partial charge on any atom is -0.493 e. The molecule has 5 nitrogen and oxygen atoms in total. The van der Waals surface area contributed by atoms with E-state index in [-0.39, 0.29) is 0 Å². The van der Waals surface area contributed by atoms with Crippen LogP contribution in [0.3, 0.4) is 0 Å². The zero-order valence-corrected chi connectivity index (χ0v) is 13.4. The van der Waals surface area contributed by atoms with Crippen molar-refractivity contribution in [1.29, 1.82) is 0 Å². The third-order valence-corrected chi connectivity index (χ3v) is 2.86. The first-order chi connectivity index (χ1) is 9.94. The smallest absolute Gasteiger partial charge is 0.308 e. The summed E-state index contributed by atoms with van der Waals surface area (Å²) >= 11 is 0. The normalized spacial score (nSPS) is 9.81. The Morgan fingerprint density at radius 3 is 2.05 bits per heavy atom. The van der Waals surface area contributed by atoms with Gasteiger partial charge in [0.25, 0.3) is 0 Å². The topological polar surface area (TPSA) is 54.0 Å². The van der Waals surface area contributed by atoms with E-state index in [0.29, 0.717) is 29.4 Å². The molecule has 0 atom stereocenters. The molecule has 5 heteroatoms. The summed E-state index contributed by atoms with van der Waals surface area (Å²) in [6, 6.07) is 1.64. The van der Waals surface area contributed by atoms with E-state index in [9.17, 15) is 4.79 Å². The highest BCUT2D eigenvalue weighted by Gasteiger charge is 2.21. The zero-order valence-electron chi connectivity index (χ0n) is 13.4. The first kappa shape index (κ1) is 16.9. The van der Waals surface area contributed by atoms with E-state index in [2.05, 4.69) is 0 Å². The van der Waals surface area contributed by atoms with Crippen LogP contribution in [0.25, 0.3) is 0 Å². The Balaban J connectivity index is 3.51. The number of carbonyl (C=O) groups is 1. The third kappa shape index (κ3) is 4.15. The zero-order chi connectivity index (χ0) is 16.0. The van der Waals surface area contributed by atoms with Crippen molar-refractivity contribution < 1.29 is 23.7 Å². The van der Waals surface area contributed by atoms with E-state index < -0.39 is 5.97 Å². The van der Waals surface area contributed by atoms with Crippen molar-refractivity contribution in [2.24, 2.45) is 0 Å². The lowest BCUT2D eigenvalue weighted by Crippen LogP contribution is -2.07. The average molecular weight is 294 g/mol. The second-order valence-corrected chi connectivity index (χ2v) is 4.70. The highest BCUT2D eigenvalue weighted by Crippen LogP contribution is 2.45. The highest BCUT2D eigenvalue weighted by molar-refractivity contribution is 5.72. The summed E-state index contributed by atoms with van der Waals surface area (Å²) in [4.78, 5) is 11.3. The molecule has 0 aliphatic carbocycles. The SMILES string of the molecule is COc1cc(OC(C)=O)c(CC=C(C)C)c(OC)c1OC. The van der Waals surface area contributed by atoms with E-state index in [1.165, 1.54) is 21.1 Å². The van der Waals surface area contributed by atoms with Crippen LogP contribution in [-0.4, -0.2) is 27.3 Å². The van der Waals surface area contributed by atoms with Gasteiger partial charge in [0.1, 0.15) is 5.75 Å². The van der Waals surface area contributed by atoms with Crippen molar-refractivity contribution in [2.45, 2.75) is 27.2 Å². The van der Waals surface area contributed by atoms with Gasteiger partial charge in [-0.3, -0.25) is 4.79 Å². The average Bonchev–Trinajstić information content (AvgIpc) is 2.43. The minimum absolute atomic E-state index is 0.400. The van der Waals surface area contributed by atoms with Crippen LogP contribution in [0.5, 0.6) is 23.0 Å². The van der Waals surface area contributed by atoms with Crippen LogP contribution in [0.2, 0.25) is 0 Å². The molecule has 0 aromatic heterocycles. The number of esters is 1. The Morgan fingerprint density at radius 2 is 1.62 bits per heavy atom. The van der Waals surface area contributed by atoms with Crippen molar-refractivity contribution in [3.05, 3.63) is 23.3 Å². The van der Waals surface area contributed by atoms with Crippen LogP contribution in [0.1, 0.15) is 26.3 Å². The largest absolute Gasteiger partial charge is 0.493 e. The molecule has 0 fully saturated rings. The van der Waals surface area contributed by atoms with Gasteiger partial charge >= 0.3 is 5.97 Å². The second-order valence-electron chi connectivity index (χ2n) is 4.70. The molecule has 0 amide bonds. The van der Waals surface area contributed by atoms with Gasteiger partial charge in [-0.15, -0.1) is 0 Å². The maximum Gasteiger partial charge on any atom is 0.308 e. The molecule has 0 aliphatic heterocycles. The summed E-state index contributed by atoms with van der Waals surface area (Å²) in [5.41, 5.74) is 1.90. The van der Waals surface area contributed by atoms with E-state index in [4.69, 9.17) is 18.9 Å².